The number of rotatable bonds is 8. The molecule has 0 N–H and O–H groups in total. The molecule has 0 spiro atoms. The van der Waals surface area contributed by atoms with Crippen LogP contribution in [0.25, 0.3) is 11.3 Å². The van der Waals surface area contributed by atoms with Crippen LogP contribution >= 0.6 is 23.4 Å². The molecule has 31 heavy (non-hydrogen) atoms. The fraction of sp³-hybridized carbons (Fsp3) is 0.227. The zero-order valence-electron chi connectivity index (χ0n) is 16.4. The number of para-hydroxylation sites is 1. The molecule has 0 bridgehead atoms. The molecule has 9 heteroatoms. The van der Waals surface area contributed by atoms with Gasteiger partial charge in [0.05, 0.1) is 17.0 Å². The Balaban J connectivity index is 1.27. The lowest BCUT2D eigenvalue weighted by Crippen LogP contribution is -2.07. The zero-order valence-corrected chi connectivity index (χ0v) is 17.9. The Kier molecular flexibility index (Phi) is 5.65. The van der Waals surface area contributed by atoms with Crippen molar-refractivity contribution < 1.29 is 13.5 Å². The van der Waals surface area contributed by atoms with Crippen molar-refractivity contribution in [2.24, 2.45) is 0 Å². The second-order valence-corrected chi connectivity index (χ2v) is 8.48. The van der Waals surface area contributed by atoms with Crippen LogP contribution in [0.2, 0.25) is 5.02 Å². The van der Waals surface area contributed by atoms with Crippen LogP contribution in [-0.4, -0.2) is 19.7 Å². The number of halogens is 2. The van der Waals surface area contributed by atoms with Crippen LogP contribution in [0.15, 0.2) is 64.3 Å². The highest BCUT2D eigenvalue weighted by atomic mass is 35.5. The van der Waals surface area contributed by atoms with Crippen molar-refractivity contribution in [2.75, 3.05) is 0 Å². The largest absolute Gasteiger partial charge is 0.484 e. The van der Waals surface area contributed by atoms with Crippen LogP contribution in [-0.2, 0) is 12.4 Å². The molecule has 0 unspecified atom stereocenters. The minimum absolute atomic E-state index is 0.284. The predicted molar refractivity (Wildman–Crippen MR) is 116 cm³/mol. The summed E-state index contributed by atoms with van der Waals surface area (Å²) in [5.74, 6) is 2.79. The molecule has 1 aliphatic carbocycles. The molecule has 1 aliphatic rings. The fourth-order valence-corrected chi connectivity index (χ4v) is 4.23. The molecule has 0 amide bonds. The molecule has 1 fully saturated rings. The number of ether oxygens (including phenoxy) is 1. The average Bonchev–Trinajstić information content (AvgIpc) is 3.36. The van der Waals surface area contributed by atoms with Gasteiger partial charge in [-0.15, -0.1) is 10.2 Å². The number of aromatic nitrogens is 4. The normalized spacial score (nSPS) is 13.5. The van der Waals surface area contributed by atoms with E-state index in [0.29, 0.717) is 40.8 Å². The highest BCUT2D eigenvalue weighted by Crippen LogP contribution is 2.39. The minimum atomic E-state index is -0.284. The van der Waals surface area contributed by atoms with Crippen LogP contribution in [0.3, 0.4) is 0 Å². The van der Waals surface area contributed by atoms with Crippen LogP contribution in [0.4, 0.5) is 4.39 Å². The third-order valence-electron chi connectivity index (χ3n) is 4.85. The van der Waals surface area contributed by atoms with Crippen molar-refractivity contribution in [1.82, 2.24) is 19.7 Å². The Morgan fingerprint density at radius 3 is 2.71 bits per heavy atom. The monoisotopic (exact) mass is 456 g/mol. The molecule has 0 saturated heterocycles. The summed E-state index contributed by atoms with van der Waals surface area (Å²) < 4.78 is 26.9. The third kappa shape index (κ3) is 4.60. The maximum absolute atomic E-state index is 13.1. The lowest BCUT2D eigenvalue weighted by atomic mass is 10.2. The van der Waals surface area contributed by atoms with E-state index in [9.17, 15) is 4.39 Å². The number of benzene rings is 2. The first-order valence-electron chi connectivity index (χ1n) is 9.82. The smallest absolute Gasteiger partial charge is 0.205 e. The average molecular weight is 457 g/mol. The molecule has 0 radical (unpaired) electrons. The summed E-state index contributed by atoms with van der Waals surface area (Å²) in [7, 11) is 0. The van der Waals surface area contributed by atoms with Gasteiger partial charge in [0, 0.05) is 11.6 Å². The molecule has 2 aromatic carbocycles. The fourth-order valence-electron chi connectivity index (χ4n) is 3.16. The number of nitrogens with zero attached hydrogens (tertiary/aromatic N) is 4. The van der Waals surface area contributed by atoms with Crippen molar-refractivity contribution in [3.8, 4) is 17.1 Å². The molecule has 1 saturated carbocycles. The van der Waals surface area contributed by atoms with Crippen LogP contribution in [0, 0.1) is 5.82 Å². The van der Waals surface area contributed by atoms with E-state index < -0.39 is 0 Å². The van der Waals surface area contributed by atoms with Crippen molar-refractivity contribution in [3.63, 3.8) is 0 Å². The lowest BCUT2D eigenvalue weighted by Gasteiger charge is -2.10. The highest BCUT2D eigenvalue weighted by Gasteiger charge is 2.30. The Bertz CT molecular complexity index is 1190. The summed E-state index contributed by atoms with van der Waals surface area (Å²) in [4.78, 5) is 4.33. The summed E-state index contributed by atoms with van der Waals surface area (Å²) in [5, 5.41) is 10.1. The Morgan fingerprint density at radius 1 is 1.13 bits per heavy atom. The summed E-state index contributed by atoms with van der Waals surface area (Å²) in [6, 6.07) is 13.9. The van der Waals surface area contributed by atoms with Crippen molar-refractivity contribution in [3.05, 3.63) is 77.3 Å². The van der Waals surface area contributed by atoms with Crippen LogP contribution in [0.1, 0.15) is 30.6 Å². The summed E-state index contributed by atoms with van der Waals surface area (Å²) in [5.41, 5.74) is 0.783. The molecule has 2 aromatic heterocycles. The van der Waals surface area contributed by atoms with E-state index in [1.165, 1.54) is 23.9 Å². The molecular weight excluding hydrogens is 439 g/mol. The van der Waals surface area contributed by atoms with Crippen molar-refractivity contribution in [2.45, 2.75) is 36.4 Å². The van der Waals surface area contributed by atoms with E-state index in [4.69, 9.17) is 20.8 Å². The maximum atomic E-state index is 13.1. The van der Waals surface area contributed by atoms with E-state index >= 15 is 0 Å². The van der Waals surface area contributed by atoms with Gasteiger partial charge < -0.3 is 9.15 Å². The summed E-state index contributed by atoms with van der Waals surface area (Å²) >= 11 is 7.69. The van der Waals surface area contributed by atoms with Gasteiger partial charge in [-0.1, -0.05) is 35.5 Å². The SMILES string of the molecule is Fc1ccc(-c2cnc(CSc3nnc(COc4ccccc4Cl)n3C3CC3)o2)cc1. The van der Waals surface area contributed by atoms with Gasteiger partial charge >= 0.3 is 0 Å². The molecule has 5 rings (SSSR count). The van der Waals surface area contributed by atoms with Gasteiger partial charge in [0.1, 0.15) is 18.2 Å². The molecule has 6 nitrogen and oxygen atoms in total. The van der Waals surface area contributed by atoms with Crippen LogP contribution in [0.5, 0.6) is 5.75 Å². The van der Waals surface area contributed by atoms with Gasteiger partial charge in [-0.2, -0.15) is 0 Å². The Labute approximate surface area is 187 Å². The first-order chi connectivity index (χ1) is 15.2. The number of oxazole rings is 1. The number of thioether (sulfide) groups is 1. The maximum Gasteiger partial charge on any atom is 0.205 e. The van der Waals surface area contributed by atoms with Crippen molar-refractivity contribution >= 4 is 23.4 Å². The van der Waals surface area contributed by atoms with Gasteiger partial charge in [-0.05, 0) is 49.2 Å². The van der Waals surface area contributed by atoms with E-state index in [1.54, 1.807) is 24.4 Å². The second-order valence-electron chi connectivity index (χ2n) is 7.13. The number of hydrogen-bond donors (Lipinski definition) is 0. The molecule has 2 heterocycles. The van der Waals surface area contributed by atoms with E-state index in [0.717, 1.165) is 29.4 Å². The first-order valence-corrected chi connectivity index (χ1v) is 11.2. The van der Waals surface area contributed by atoms with E-state index in [1.807, 2.05) is 18.2 Å². The quantitative estimate of drug-likeness (QED) is 0.306. The highest BCUT2D eigenvalue weighted by molar-refractivity contribution is 7.98. The number of hydrogen-bond acceptors (Lipinski definition) is 6. The van der Waals surface area contributed by atoms with Crippen LogP contribution < -0.4 is 4.74 Å². The molecule has 0 atom stereocenters. The summed E-state index contributed by atoms with van der Waals surface area (Å²) in [6.07, 6.45) is 3.84. The van der Waals surface area contributed by atoms with Gasteiger partial charge in [0.15, 0.2) is 16.7 Å². The van der Waals surface area contributed by atoms with E-state index in [-0.39, 0.29) is 5.82 Å². The zero-order chi connectivity index (χ0) is 21.2. The third-order valence-corrected chi connectivity index (χ3v) is 6.09. The molecule has 0 aliphatic heterocycles. The molecule has 158 valence electrons. The van der Waals surface area contributed by atoms with Gasteiger partial charge in [-0.3, -0.25) is 4.57 Å². The minimum Gasteiger partial charge on any atom is -0.484 e. The molecule has 4 aromatic rings. The Morgan fingerprint density at radius 2 is 1.94 bits per heavy atom. The van der Waals surface area contributed by atoms with Gasteiger partial charge in [0.2, 0.25) is 5.89 Å². The second kappa shape index (κ2) is 8.72. The Hall–Kier alpha value is -2.84. The predicted octanol–water partition coefficient (Wildman–Crippen LogP) is 5.93. The summed E-state index contributed by atoms with van der Waals surface area (Å²) in [6.45, 7) is 0.293. The van der Waals surface area contributed by atoms with Crippen molar-refractivity contribution in [1.29, 1.82) is 0 Å². The standard InChI is InChI=1S/C22H18ClFN4O2S/c23-17-3-1-2-4-18(17)29-12-20-26-27-22(28(20)16-9-10-16)31-13-21-25-11-19(30-21)14-5-7-15(24)8-6-14/h1-8,11,16H,9-10,12-13H2. The van der Waals surface area contributed by atoms with Gasteiger partial charge in [0.25, 0.3) is 0 Å². The van der Waals surface area contributed by atoms with E-state index in [2.05, 4.69) is 19.7 Å². The van der Waals surface area contributed by atoms with Gasteiger partial charge in [-0.25, -0.2) is 9.37 Å². The topological polar surface area (TPSA) is 66.0 Å². The first kappa shape index (κ1) is 20.1. The molecular formula is C22H18ClFN4O2S. The lowest BCUT2D eigenvalue weighted by molar-refractivity contribution is 0.288.